The van der Waals surface area contributed by atoms with Gasteiger partial charge in [0.2, 0.25) is 0 Å². The van der Waals surface area contributed by atoms with Crippen LogP contribution >= 0.6 is 22.9 Å². The summed E-state index contributed by atoms with van der Waals surface area (Å²) < 4.78 is 0. The third-order valence-corrected chi connectivity index (χ3v) is 3.85. The topological polar surface area (TPSA) is 33.1 Å². The van der Waals surface area contributed by atoms with Crippen LogP contribution < -0.4 is 0 Å². The van der Waals surface area contributed by atoms with Gasteiger partial charge in [0.05, 0.1) is 15.7 Å². The average molecular weight is 282 g/mol. The van der Waals surface area contributed by atoms with E-state index >= 15 is 0 Å². The summed E-state index contributed by atoms with van der Waals surface area (Å²) in [4.78, 5) is 4.63. The first kappa shape index (κ1) is 13.4. The lowest BCUT2D eigenvalue weighted by Gasteiger charge is -2.14. The van der Waals surface area contributed by atoms with Crippen molar-refractivity contribution in [3.05, 3.63) is 44.9 Å². The number of benzene rings is 1. The Kier molecular flexibility index (Phi) is 3.64. The van der Waals surface area contributed by atoms with Gasteiger partial charge in [-0.2, -0.15) is 0 Å². The van der Waals surface area contributed by atoms with Crippen molar-refractivity contribution in [1.82, 2.24) is 4.98 Å². The molecule has 96 valence electrons. The Balaban J connectivity index is 2.19. The Bertz CT molecular complexity index is 557. The van der Waals surface area contributed by atoms with Crippen molar-refractivity contribution in [2.45, 2.75) is 32.6 Å². The summed E-state index contributed by atoms with van der Waals surface area (Å²) in [6.45, 7) is 6.46. The Hall–Kier alpha value is -1.06. The first-order valence-corrected chi connectivity index (χ1v) is 7.04. The minimum atomic E-state index is 0.0802. The number of phenolic OH excluding ortho intramolecular Hbond substituents is 1. The minimum Gasteiger partial charge on any atom is -0.506 e. The van der Waals surface area contributed by atoms with E-state index in [1.54, 1.807) is 23.5 Å². The fourth-order valence-corrected chi connectivity index (χ4v) is 2.75. The number of thiazole rings is 1. The number of nitrogens with zero attached hydrogens (tertiary/aromatic N) is 1. The molecule has 0 aliphatic rings. The van der Waals surface area contributed by atoms with E-state index in [0.29, 0.717) is 5.02 Å². The molecule has 0 aliphatic heterocycles. The molecular formula is C14H16ClNOS. The van der Waals surface area contributed by atoms with Gasteiger partial charge in [-0.25, -0.2) is 4.98 Å². The number of halogens is 1. The van der Waals surface area contributed by atoms with Crippen molar-refractivity contribution < 1.29 is 5.11 Å². The van der Waals surface area contributed by atoms with Crippen LogP contribution in [0.25, 0.3) is 0 Å². The zero-order chi connectivity index (χ0) is 13.3. The van der Waals surface area contributed by atoms with Crippen molar-refractivity contribution >= 4 is 22.9 Å². The SMILES string of the molecule is CC(C)(C)c1csc(Cc2ccc(Cl)c(O)c2)n1. The van der Waals surface area contributed by atoms with Crippen molar-refractivity contribution in [1.29, 1.82) is 0 Å². The van der Waals surface area contributed by atoms with Crippen LogP contribution in [-0.4, -0.2) is 10.1 Å². The molecule has 0 bridgehead atoms. The predicted molar refractivity (Wildman–Crippen MR) is 76.7 cm³/mol. The van der Waals surface area contributed by atoms with Crippen LogP contribution in [0.2, 0.25) is 5.02 Å². The summed E-state index contributed by atoms with van der Waals surface area (Å²) in [5.41, 5.74) is 2.21. The monoisotopic (exact) mass is 281 g/mol. The van der Waals surface area contributed by atoms with Crippen molar-refractivity contribution in [3.8, 4) is 5.75 Å². The molecule has 0 saturated carbocycles. The zero-order valence-electron chi connectivity index (χ0n) is 10.7. The maximum absolute atomic E-state index is 9.56. The highest BCUT2D eigenvalue weighted by atomic mass is 35.5. The number of aromatic hydroxyl groups is 1. The second-order valence-electron chi connectivity index (χ2n) is 5.34. The summed E-state index contributed by atoms with van der Waals surface area (Å²) >= 11 is 7.44. The molecule has 4 heteroatoms. The van der Waals surface area contributed by atoms with Gasteiger partial charge < -0.3 is 5.11 Å². The first-order chi connectivity index (χ1) is 8.36. The maximum atomic E-state index is 9.56. The van der Waals surface area contributed by atoms with E-state index in [2.05, 4.69) is 31.1 Å². The van der Waals surface area contributed by atoms with Crippen molar-refractivity contribution in [3.63, 3.8) is 0 Å². The second-order valence-corrected chi connectivity index (χ2v) is 6.69. The standard InChI is InChI=1S/C14H16ClNOS/c1-14(2,3)12-8-18-13(16-12)7-9-4-5-10(15)11(17)6-9/h4-6,8,17H,7H2,1-3H3. The molecule has 2 rings (SSSR count). The zero-order valence-corrected chi connectivity index (χ0v) is 12.3. The Morgan fingerprint density at radius 2 is 2.06 bits per heavy atom. The molecule has 0 radical (unpaired) electrons. The third-order valence-electron chi connectivity index (χ3n) is 2.69. The third kappa shape index (κ3) is 3.03. The van der Waals surface area contributed by atoms with Gasteiger partial charge in [-0.05, 0) is 17.7 Å². The number of hydrogen-bond donors (Lipinski definition) is 1. The molecule has 0 atom stereocenters. The van der Waals surface area contributed by atoms with Crippen molar-refractivity contribution in [2.24, 2.45) is 0 Å². The molecule has 0 unspecified atom stereocenters. The quantitative estimate of drug-likeness (QED) is 0.885. The summed E-state index contributed by atoms with van der Waals surface area (Å²) in [7, 11) is 0. The Morgan fingerprint density at radius 3 is 2.61 bits per heavy atom. The van der Waals surface area contributed by atoms with Crippen molar-refractivity contribution in [2.75, 3.05) is 0 Å². The molecule has 2 nitrogen and oxygen atoms in total. The Morgan fingerprint density at radius 1 is 1.33 bits per heavy atom. The highest BCUT2D eigenvalue weighted by Gasteiger charge is 2.17. The second kappa shape index (κ2) is 4.90. The molecule has 1 N–H and O–H groups in total. The molecule has 2 aromatic rings. The van der Waals surface area contributed by atoms with E-state index in [1.165, 1.54) is 0 Å². The van der Waals surface area contributed by atoms with E-state index in [4.69, 9.17) is 11.6 Å². The molecule has 0 aliphatic carbocycles. The highest BCUT2D eigenvalue weighted by Crippen LogP contribution is 2.27. The van der Waals surface area contributed by atoms with Crippen LogP contribution in [0.15, 0.2) is 23.6 Å². The number of phenols is 1. The summed E-state index contributed by atoms with van der Waals surface area (Å²) in [6.07, 6.45) is 0.728. The normalized spacial score (nSPS) is 11.8. The lowest BCUT2D eigenvalue weighted by atomic mass is 9.93. The van der Waals surface area contributed by atoms with E-state index in [9.17, 15) is 5.11 Å². The van der Waals surface area contributed by atoms with E-state index in [-0.39, 0.29) is 11.2 Å². The van der Waals surface area contributed by atoms with Crippen LogP contribution in [0.4, 0.5) is 0 Å². The van der Waals surface area contributed by atoms with E-state index in [0.717, 1.165) is 22.7 Å². The van der Waals surface area contributed by atoms with Gasteiger partial charge in [0.25, 0.3) is 0 Å². The molecular weight excluding hydrogens is 266 g/mol. The van der Waals surface area contributed by atoms with E-state index < -0.39 is 0 Å². The molecule has 0 amide bonds. The fourth-order valence-electron chi connectivity index (χ4n) is 1.58. The van der Waals surface area contributed by atoms with Gasteiger partial charge in [-0.1, -0.05) is 38.4 Å². The van der Waals surface area contributed by atoms with Crippen LogP contribution in [0.3, 0.4) is 0 Å². The van der Waals surface area contributed by atoms with Crippen LogP contribution in [0, 0.1) is 0 Å². The lowest BCUT2D eigenvalue weighted by Crippen LogP contribution is -2.11. The Labute approximate surface area is 116 Å². The minimum absolute atomic E-state index is 0.0802. The molecule has 0 spiro atoms. The predicted octanol–water partition coefficient (Wildman–Crippen LogP) is 4.39. The van der Waals surface area contributed by atoms with Gasteiger partial charge in [0.15, 0.2) is 0 Å². The van der Waals surface area contributed by atoms with Crippen LogP contribution in [-0.2, 0) is 11.8 Å². The summed E-state index contributed by atoms with van der Waals surface area (Å²) in [6, 6.07) is 5.32. The average Bonchev–Trinajstić information content (AvgIpc) is 2.72. The molecule has 1 heterocycles. The maximum Gasteiger partial charge on any atom is 0.134 e. The number of hydrogen-bond acceptors (Lipinski definition) is 3. The lowest BCUT2D eigenvalue weighted by molar-refractivity contribution is 0.475. The molecule has 1 aromatic heterocycles. The van der Waals surface area contributed by atoms with Gasteiger partial charge in [-0.3, -0.25) is 0 Å². The first-order valence-electron chi connectivity index (χ1n) is 5.78. The summed E-state index contributed by atoms with van der Waals surface area (Å²) in [5, 5.41) is 13.1. The van der Waals surface area contributed by atoms with Gasteiger partial charge >= 0.3 is 0 Å². The highest BCUT2D eigenvalue weighted by molar-refractivity contribution is 7.09. The molecule has 0 saturated heterocycles. The van der Waals surface area contributed by atoms with Crippen LogP contribution in [0.5, 0.6) is 5.75 Å². The molecule has 0 fully saturated rings. The summed E-state index contributed by atoms with van der Waals surface area (Å²) in [5.74, 6) is 0.127. The van der Waals surface area contributed by atoms with Gasteiger partial charge in [0.1, 0.15) is 5.75 Å². The van der Waals surface area contributed by atoms with Crippen LogP contribution in [0.1, 0.15) is 37.0 Å². The number of aromatic nitrogens is 1. The molecule has 1 aromatic carbocycles. The van der Waals surface area contributed by atoms with Gasteiger partial charge in [0, 0.05) is 17.2 Å². The number of rotatable bonds is 2. The largest absolute Gasteiger partial charge is 0.506 e. The molecule has 18 heavy (non-hydrogen) atoms. The smallest absolute Gasteiger partial charge is 0.134 e. The fraction of sp³-hybridized carbons (Fsp3) is 0.357. The van der Waals surface area contributed by atoms with Gasteiger partial charge in [-0.15, -0.1) is 11.3 Å². The van der Waals surface area contributed by atoms with E-state index in [1.807, 2.05) is 6.07 Å².